The molecule has 0 bridgehead atoms. The highest BCUT2D eigenvalue weighted by molar-refractivity contribution is 7.99. The molecule has 0 saturated heterocycles. The van der Waals surface area contributed by atoms with Gasteiger partial charge in [-0.15, -0.1) is 10.2 Å². The fraction of sp³-hybridized carbons (Fsp3) is 0.154. The Kier molecular flexibility index (Phi) is 5.54. The number of aryl methyl sites for hydroxylation is 1. The number of imidazole rings is 1. The minimum Gasteiger partial charge on any atom is -0.340 e. The topological polar surface area (TPSA) is 77.6 Å². The maximum atomic E-state index is 14.4. The van der Waals surface area contributed by atoms with Gasteiger partial charge in [0.25, 0.3) is 5.91 Å². The number of nitrogens with zero attached hydrogens (tertiary/aromatic N) is 5. The molecule has 1 aliphatic heterocycles. The Morgan fingerprint density at radius 1 is 1.11 bits per heavy atom. The number of amides is 1. The number of hydrogen-bond donors (Lipinski definition) is 1. The van der Waals surface area contributed by atoms with E-state index in [4.69, 9.17) is 16.6 Å². The first-order chi connectivity index (χ1) is 17.4. The number of aromatic nitrogens is 5. The standard InChI is InChI=1S/C26H20ClFN6OS/c1-16-5-8-23-22(9-16)31-25-34(23)12-26(13-36-25,17-3-2-4-18(28)10-17)32-24(35)20-7-6-19(11-21(20)27)33-14-29-30-15-33/h2-11,14-15H,12-13H2,1H3,(H,32,35). The van der Waals surface area contributed by atoms with Gasteiger partial charge < -0.3 is 9.88 Å². The van der Waals surface area contributed by atoms with Crippen LogP contribution in [-0.4, -0.2) is 36.0 Å². The Labute approximate surface area is 215 Å². The quantitative estimate of drug-likeness (QED) is 0.356. The van der Waals surface area contributed by atoms with Crippen molar-refractivity contribution in [2.75, 3.05) is 5.75 Å². The van der Waals surface area contributed by atoms with Crippen molar-refractivity contribution < 1.29 is 9.18 Å². The number of carbonyl (C=O) groups is 1. The summed E-state index contributed by atoms with van der Waals surface area (Å²) in [6.07, 6.45) is 3.11. The van der Waals surface area contributed by atoms with Crippen LogP contribution in [0.25, 0.3) is 16.7 Å². The molecule has 7 nitrogen and oxygen atoms in total. The van der Waals surface area contributed by atoms with Gasteiger partial charge in [0.05, 0.1) is 33.7 Å². The van der Waals surface area contributed by atoms with Gasteiger partial charge in [0.1, 0.15) is 18.5 Å². The number of thioether (sulfide) groups is 1. The molecule has 1 aliphatic rings. The van der Waals surface area contributed by atoms with Gasteiger partial charge in [0.15, 0.2) is 5.16 Å². The normalized spacial score (nSPS) is 17.2. The summed E-state index contributed by atoms with van der Waals surface area (Å²) in [6.45, 7) is 2.43. The zero-order valence-corrected chi connectivity index (χ0v) is 20.7. The van der Waals surface area contributed by atoms with Crippen LogP contribution in [0.15, 0.2) is 78.5 Å². The molecule has 5 aromatic rings. The second kappa shape index (κ2) is 8.76. The summed E-state index contributed by atoms with van der Waals surface area (Å²) < 4.78 is 18.1. The van der Waals surface area contributed by atoms with E-state index in [9.17, 15) is 9.18 Å². The fourth-order valence-electron chi connectivity index (χ4n) is 4.56. The molecular formula is C26H20ClFN6OS. The number of nitrogens with one attached hydrogen (secondary N) is 1. The summed E-state index contributed by atoms with van der Waals surface area (Å²) in [5.74, 6) is -0.218. The lowest BCUT2D eigenvalue weighted by Gasteiger charge is -2.39. The van der Waals surface area contributed by atoms with Crippen molar-refractivity contribution >= 4 is 40.3 Å². The van der Waals surface area contributed by atoms with Crippen molar-refractivity contribution in [2.45, 2.75) is 24.2 Å². The largest absolute Gasteiger partial charge is 0.340 e. The van der Waals surface area contributed by atoms with Gasteiger partial charge in [0.2, 0.25) is 0 Å². The Bertz CT molecular complexity index is 1620. The summed E-state index contributed by atoms with van der Waals surface area (Å²) >= 11 is 8.07. The molecule has 180 valence electrons. The number of carbonyl (C=O) groups excluding carboxylic acids is 1. The van der Waals surface area contributed by atoms with Gasteiger partial charge in [-0.2, -0.15) is 0 Å². The molecule has 1 unspecified atom stereocenters. The summed E-state index contributed by atoms with van der Waals surface area (Å²) in [4.78, 5) is 18.4. The summed E-state index contributed by atoms with van der Waals surface area (Å²) in [5.41, 5.74) is 3.84. The van der Waals surface area contributed by atoms with E-state index in [-0.39, 0.29) is 11.7 Å². The molecule has 2 aromatic heterocycles. The van der Waals surface area contributed by atoms with Gasteiger partial charge in [-0.25, -0.2) is 9.37 Å². The molecule has 0 radical (unpaired) electrons. The summed E-state index contributed by atoms with van der Waals surface area (Å²) in [7, 11) is 0. The van der Waals surface area contributed by atoms with E-state index in [1.54, 1.807) is 41.5 Å². The summed E-state index contributed by atoms with van der Waals surface area (Å²) in [5, 5.41) is 12.0. The van der Waals surface area contributed by atoms with Crippen molar-refractivity contribution in [3.63, 3.8) is 0 Å². The number of fused-ring (bicyclic) bond motifs is 3. The number of hydrogen-bond acceptors (Lipinski definition) is 5. The predicted molar refractivity (Wildman–Crippen MR) is 137 cm³/mol. The highest BCUT2D eigenvalue weighted by Crippen LogP contribution is 2.39. The third-order valence-corrected chi connectivity index (χ3v) is 7.91. The van der Waals surface area contributed by atoms with Crippen LogP contribution in [0.1, 0.15) is 21.5 Å². The molecule has 6 rings (SSSR count). The Hall–Kier alpha value is -3.69. The first kappa shape index (κ1) is 22.8. The van der Waals surface area contributed by atoms with Gasteiger partial charge in [0, 0.05) is 11.4 Å². The van der Waals surface area contributed by atoms with Gasteiger partial charge in [-0.05, 0) is 60.5 Å². The van der Waals surface area contributed by atoms with Crippen molar-refractivity contribution in [3.8, 4) is 5.69 Å². The highest BCUT2D eigenvalue weighted by Gasteiger charge is 2.40. The average molecular weight is 519 g/mol. The molecular weight excluding hydrogens is 499 g/mol. The number of rotatable bonds is 4. The molecule has 3 aromatic carbocycles. The molecule has 0 aliphatic carbocycles. The zero-order chi connectivity index (χ0) is 24.9. The van der Waals surface area contributed by atoms with Crippen LogP contribution in [0, 0.1) is 12.7 Å². The third-order valence-electron chi connectivity index (χ3n) is 6.39. The maximum absolute atomic E-state index is 14.4. The Balaban J connectivity index is 1.40. The maximum Gasteiger partial charge on any atom is 0.253 e. The van der Waals surface area contributed by atoms with Crippen LogP contribution in [-0.2, 0) is 12.1 Å². The smallest absolute Gasteiger partial charge is 0.253 e. The molecule has 1 amide bonds. The van der Waals surface area contributed by atoms with Crippen molar-refractivity contribution in [1.29, 1.82) is 0 Å². The van der Waals surface area contributed by atoms with Gasteiger partial charge in [-0.1, -0.05) is 41.6 Å². The van der Waals surface area contributed by atoms with Crippen LogP contribution >= 0.6 is 23.4 Å². The van der Waals surface area contributed by atoms with E-state index in [0.29, 0.717) is 28.4 Å². The SMILES string of the molecule is Cc1ccc2c(c1)nc1n2CC(NC(=O)c2ccc(-n3cnnc3)cc2Cl)(c2cccc(F)c2)CS1. The van der Waals surface area contributed by atoms with Crippen molar-refractivity contribution in [3.05, 3.63) is 101 Å². The van der Waals surface area contributed by atoms with E-state index >= 15 is 0 Å². The van der Waals surface area contributed by atoms with E-state index in [0.717, 1.165) is 27.4 Å². The minimum absolute atomic E-state index is 0.292. The first-order valence-corrected chi connectivity index (χ1v) is 12.6. The van der Waals surface area contributed by atoms with Crippen molar-refractivity contribution in [2.24, 2.45) is 0 Å². The van der Waals surface area contributed by atoms with Crippen LogP contribution in [0.3, 0.4) is 0 Å². The lowest BCUT2D eigenvalue weighted by Crippen LogP contribution is -2.52. The Morgan fingerprint density at radius 2 is 1.94 bits per heavy atom. The molecule has 0 saturated carbocycles. The average Bonchev–Trinajstić information content (AvgIpc) is 3.51. The fourth-order valence-corrected chi connectivity index (χ4v) is 6.01. The van der Waals surface area contributed by atoms with Gasteiger partial charge >= 0.3 is 0 Å². The molecule has 3 heterocycles. The molecule has 1 N–H and O–H groups in total. The van der Waals surface area contributed by atoms with E-state index in [1.165, 1.54) is 23.9 Å². The van der Waals surface area contributed by atoms with E-state index < -0.39 is 5.54 Å². The molecule has 0 spiro atoms. The zero-order valence-electron chi connectivity index (χ0n) is 19.2. The molecule has 10 heteroatoms. The second-order valence-corrected chi connectivity index (χ2v) is 10.2. The first-order valence-electron chi connectivity index (χ1n) is 11.2. The number of halogens is 2. The highest BCUT2D eigenvalue weighted by atomic mass is 35.5. The van der Waals surface area contributed by atoms with Crippen LogP contribution in [0.5, 0.6) is 0 Å². The van der Waals surface area contributed by atoms with Crippen LogP contribution in [0.4, 0.5) is 4.39 Å². The summed E-state index contributed by atoms with van der Waals surface area (Å²) in [6, 6.07) is 17.6. The number of benzene rings is 3. The van der Waals surface area contributed by atoms with E-state index in [2.05, 4.69) is 20.1 Å². The van der Waals surface area contributed by atoms with Gasteiger partial charge in [-0.3, -0.25) is 9.36 Å². The lowest BCUT2D eigenvalue weighted by atomic mass is 9.90. The molecule has 36 heavy (non-hydrogen) atoms. The van der Waals surface area contributed by atoms with Crippen LogP contribution < -0.4 is 5.32 Å². The lowest BCUT2D eigenvalue weighted by molar-refractivity contribution is 0.0894. The van der Waals surface area contributed by atoms with Crippen LogP contribution in [0.2, 0.25) is 5.02 Å². The Morgan fingerprint density at radius 3 is 2.72 bits per heavy atom. The minimum atomic E-state index is -0.883. The second-order valence-electron chi connectivity index (χ2n) is 8.84. The predicted octanol–water partition coefficient (Wildman–Crippen LogP) is 5.15. The molecule has 0 fully saturated rings. The molecule has 1 atom stereocenters. The van der Waals surface area contributed by atoms with Crippen molar-refractivity contribution in [1.82, 2.24) is 29.6 Å². The van der Waals surface area contributed by atoms with E-state index in [1.807, 2.05) is 31.2 Å². The monoisotopic (exact) mass is 518 g/mol. The third kappa shape index (κ3) is 3.94.